The van der Waals surface area contributed by atoms with Crippen LogP contribution in [0.1, 0.15) is 5.56 Å². The standard InChI is InChI=1S/C15H15NO5/c17-8-1-2-12-3-5-13(6-4-12)21-9-7-16-14(18)10-20-11-15(16)19/h3-6,17H,7-11H2. The second kappa shape index (κ2) is 7.43. The number of benzene rings is 1. The zero-order valence-corrected chi connectivity index (χ0v) is 11.4. The van der Waals surface area contributed by atoms with Crippen LogP contribution < -0.4 is 4.74 Å². The first-order valence-electron chi connectivity index (χ1n) is 6.44. The van der Waals surface area contributed by atoms with Gasteiger partial charge in [-0.2, -0.15) is 0 Å². The number of aliphatic hydroxyl groups excluding tert-OH is 1. The number of amides is 2. The lowest BCUT2D eigenvalue weighted by Crippen LogP contribution is -2.47. The average molecular weight is 289 g/mol. The maximum atomic E-state index is 11.5. The molecular formula is C15H15NO5. The van der Waals surface area contributed by atoms with Crippen molar-refractivity contribution < 1.29 is 24.2 Å². The van der Waals surface area contributed by atoms with Gasteiger partial charge in [-0.3, -0.25) is 14.5 Å². The third-order valence-electron chi connectivity index (χ3n) is 2.80. The first-order valence-corrected chi connectivity index (χ1v) is 6.44. The second-order valence-corrected chi connectivity index (χ2v) is 4.26. The molecule has 1 N–H and O–H groups in total. The van der Waals surface area contributed by atoms with E-state index in [1.54, 1.807) is 24.3 Å². The quantitative estimate of drug-likeness (QED) is 0.613. The van der Waals surface area contributed by atoms with Crippen molar-refractivity contribution in [2.45, 2.75) is 0 Å². The summed E-state index contributed by atoms with van der Waals surface area (Å²) >= 11 is 0. The van der Waals surface area contributed by atoms with Crippen molar-refractivity contribution in [2.24, 2.45) is 0 Å². The van der Waals surface area contributed by atoms with Crippen LogP contribution in [0.25, 0.3) is 0 Å². The van der Waals surface area contributed by atoms with E-state index in [0.717, 1.165) is 10.5 Å². The Labute approximate surface area is 122 Å². The molecule has 0 unspecified atom stereocenters. The molecule has 0 spiro atoms. The monoisotopic (exact) mass is 289 g/mol. The van der Waals surface area contributed by atoms with Gasteiger partial charge in [-0.05, 0) is 24.3 Å². The molecule has 1 fully saturated rings. The van der Waals surface area contributed by atoms with Crippen molar-refractivity contribution in [2.75, 3.05) is 33.0 Å². The summed E-state index contributed by atoms with van der Waals surface area (Å²) in [6, 6.07) is 7.01. The average Bonchev–Trinajstić information content (AvgIpc) is 2.49. The molecule has 1 saturated heterocycles. The Bertz CT molecular complexity index is 554. The zero-order valence-electron chi connectivity index (χ0n) is 11.4. The minimum atomic E-state index is -0.343. The van der Waals surface area contributed by atoms with Crippen LogP contribution in [0, 0.1) is 11.8 Å². The molecule has 1 heterocycles. The normalized spacial score (nSPS) is 14.6. The van der Waals surface area contributed by atoms with Crippen LogP contribution >= 0.6 is 0 Å². The molecule has 0 bridgehead atoms. The molecule has 2 amide bonds. The number of aliphatic hydroxyl groups is 1. The summed E-state index contributed by atoms with van der Waals surface area (Å²) in [6.07, 6.45) is 0. The van der Waals surface area contributed by atoms with Crippen LogP contribution in [0.2, 0.25) is 0 Å². The number of hydrogen-bond acceptors (Lipinski definition) is 5. The smallest absolute Gasteiger partial charge is 0.255 e. The summed E-state index contributed by atoms with van der Waals surface area (Å²) in [5.41, 5.74) is 0.773. The Morgan fingerprint density at radius 3 is 2.48 bits per heavy atom. The summed E-state index contributed by atoms with van der Waals surface area (Å²) in [4.78, 5) is 24.1. The minimum Gasteiger partial charge on any atom is -0.492 e. The summed E-state index contributed by atoms with van der Waals surface area (Å²) < 4.78 is 10.3. The van der Waals surface area contributed by atoms with Gasteiger partial charge in [0.25, 0.3) is 11.8 Å². The van der Waals surface area contributed by atoms with E-state index in [4.69, 9.17) is 14.6 Å². The van der Waals surface area contributed by atoms with Crippen LogP contribution in [0.4, 0.5) is 0 Å². The first kappa shape index (κ1) is 15.0. The van der Waals surface area contributed by atoms with Gasteiger partial charge in [0.05, 0.1) is 6.54 Å². The molecule has 1 aliphatic rings. The predicted molar refractivity (Wildman–Crippen MR) is 73.4 cm³/mol. The molecule has 6 nitrogen and oxygen atoms in total. The van der Waals surface area contributed by atoms with Gasteiger partial charge in [0.15, 0.2) is 0 Å². The van der Waals surface area contributed by atoms with Crippen LogP contribution in [-0.4, -0.2) is 54.8 Å². The Hall–Kier alpha value is -2.36. The lowest BCUT2D eigenvalue weighted by molar-refractivity contribution is -0.158. The van der Waals surface area contributed by atoms with Crippen molar-refractivity contribution in [1.82, 2.24) is 4.90 Å². The predicted octanol–water partition coefficient (Wildman–Crippen LogP) is -0.205. The number of carbonyl (C=O) groups is 2. The van der Waals surface area contributed by atoms with E-state index in [2.05, 4.69) is 11.8 Å². The lowest BCUT2D eigenvalue weighted by Gasteiger charge is -2.24. The van der Waals surface area contributed by atoms with Crippen molar-refractivity contribution in [3.8, 4) is 17.6 Å². The number of carbonyl (C=O) groups excluding carboxylic acids is 2. The van der Waals surface area contributed by atoms with Gasteiger partial charge in [0, 0.05) is 5.56 Å². The fourth-order valence-corrected chi connectivity index (χ4v) is 1.80. The van der Waals surface area contributed by atoms with Crippen LogP contribution in [0.15, 0.2) is 24.3 Å². The maximum Gasteiger partial charge on any atom is 0.255 e. The number of imide groups is 1. The topological polar surface area (TPSA) is 76.1 Å². The van der Waals surface area contributed by atoms with Gasteiger partial charge in [-0.15, -0.1) is 0 Å². The van der Waals surface area contributed by atoms with E-state index >= 15 is 0 Å². The molecular weight excluding hydrogens is 274 g/mol. The van der Waals surface area contributed by atoms with Gasteiger partial charge in [0.2, 0.25) is 0 Å². The van der Waals surface area contributed by atoms with Gasteiger partial charge in [-0.25, -0.2) is 0 Å². The molecule has 110 valence electrons. The number of hydrogen-bond donors (Lipinski definition) is 1. The molecule has 6 heteroatoms. The highest BCUT2D eigenvalue weighted by molar-refractivity contribution is 5.98. The van der Waals surface area contributed by atoms with E-state index in [1.807, 2.05) is 0 Å². The van der Waals surface area contributed by atoms with Gasteiger partial charge in [-0.1, -0.05) is 11.8 Å². The SMILES string of the molecule is O=C1COCC(=O)N1CCOc1ccc(C#CCO)cc1. The summed E-state index contributed by atoms with van der Waals surface area (Å²) in [5.74, 6) is 5.26. The van der Waals surface area contributed by atoms with E-state index in [9.17, 15) is 9.59 Å². The third kappa shape index (κ3) is 4.31. The number of nitrogens with zero attached hydrogens (tertiary/aromatic N) is 1. The number of ether oxygens (including phenoxy) is 2. The van der Waals surface area contributed by atoms with Crippen molar-refractivity contribution in [3.05, 3.63) is 29.8 Å². The number of morpholine rings is 1. The molecule has 0 radical (unpaired) electrons. The fourth-order valence-electron chi connectivity index (χ4n) is 1.80. The van der Waals surface area contributed by atoms with E-state index < -0.39 is 0 Å². The second-order valence-electron chi connectivity index (χ2n) is 4.26. The largest absolute Gasteiger partial charge is 0.492 e. The fraction of sp³-hybridized carbons (Fsp3) is 0.333. The van der Waals surface area contributed by atoms with Crippen LogP contribution in [-0.2, 0) is 14.3 Å². The summed E-state index contributed by atoms with van der Waals surface area (Å²) in [5, 5.41) is 8.60. The van der Waals surface area contributed by atoms with E-state index in [-0.39, 0.29) is 44.8 Å². The van der Waals surface area contributed by atoms with Gasteiger partial charge >= 0.3 is 0 Å². The molecule has 1 aromatic carbocycles. The highest BCUT2D eigenvalue weighted by atomic mass is 16.5. The van der Waals surface area contributed by atoms with E-state index in [0.29, 0.717) is 5.75 Å². The van der Waals surface area contributed by atoms with Crippen LogP contribution in [0.3, 0.4) is 0 Å². The van der Waals surface area contributed by atoms with Gasteiger partial charge < -0.3 is 14.6 Å². The van der Waals surface area contributed by atoms with Crippen molar-refractivity contribution in [1.29, 1.82) is 0 Å². The Kier molecular flexibility index (Phi) is 5.32. The zero-order chi connectivity index (χ0) is 15.1. The molecule has 1 aromatic rings. The van der Waals surface area contributed by atoms with Gasteiger partial charge in [0.1, 0.15) is 32.2 Å². The summed E-state index contributed by atoms with van der Waals surface area (Å²) in [6.45, 7) is 0.111. The molecule has 2 rings (SSSR count). The third-order valence-corrected chi connectivity index (χ3v) is 2.80. The Morgan fingerprint density at radius 1 is 1.19 bits per heavy atom. The first-order chi connectivity index (χ1) is 10.2. The highest BCUT2D eigenvalue weighted by Gasteiger charge is 2.26. The molecule has 0 saturated carbocycles. The van der Waals surface area contributed by atoms with E-state index in [1.165, 1.54) is 0 Å². The Morgan fingerprint density at radius 2 is 1.86 bits per heavy atom. The van der Waals surface area contributed by atoms with Crippen LogP contribution in [0.5, 0.6) is 5.75 Å². The molecule has 0 aromatic heterocycles. The molecule has 1 aliphatic heterocycles. The van der Waals surface area contributed by atoms with Crippen molar-refractivity contribution >= 4 is 11.8 Å². The molecule has 21 heavy (non-hydrogen) atoms. The maximum absolute atomic E-state index is 11.5. The summed E-state index contributed by atoms with van der Waals surface area (Å²) in [7, 11) is 0. The molecule has 0 aliphatic carbocycles. The Balaban J connectivity index is 1.83. The lowest BCUT2D eigenvalue weighted by atomic mass is 10.2. The van der Waals surface area contributed by atoms with Crippen molar-refractivity contribution in [3.63, 3.8) is 0 Å². The number of rotatable bonds is 4. The molecule has 0 atom stereocenters. The minimum absolute atomic E-state index is 0.0655. The highest BCUT2D eigenvalue weighted by Crippen LogP contribution is 2.11.